The summed E-state index contributed by atoms with van der Waals surface area (Å²) in [6.07, 6.45) is 3.93. The molecule has 1 unspecified atom stereocenters. The van der Waals surface area contributed by atoms with E-state index in [1.165, 1.54) is 16.7 Å². The van der Waals surface area contributed by atoms with Crippen molar-refractivity contribution in [2.24, 2.45) is 4.99 Å². The third-order valence-electron chi connectivity index (χ3n) is 3.04. The van der Waals surface area contributed by atoms with E-state index in [1.54, 1.807) is 0 Å². The molecule has 0 saturated heterocycles. The van der Waals surface area contributed by atoms with Crippen molar-refractivity contribution >= 4 is 17.8 Å². The molecule has 0 radical (unpaired) electrons. The van der Waals surface area contributed by atoms with Crippen molar-refractivity contribution in [2.75, 3.05) is 0 Å². The van der Waals surface area contributed by atoms with Crippen LogP contribution in [-0.2, 0) is 6.42 Å². The number of hydrogen-bond acceptors (Lipinski definition) is 1. The van der Waals surface area contributed by atoms with E-state index in [9.17, 15) is 0 Å². The zero-order valence-corrected chi connectivity index (χ0v) is 12.5. The zero-order chi connectivity index (χ0) is 13.5. The first kappa shape index (κ1) is 15.0. The van der Waals surface area contributed by atoms with Gasteiger partial charge in [-0.25, -0.2) is 0 Å². The molecule has 2 heteroatoms. The summed E-state index contributed by atoms with van der Waals surface area (Å²) in [5.74, 6) is 0. The van der Waals surface area contributed by atoms with Crippen molar-refractivity contribution in [1.29, 1.82) is 0 Å². The number of fused-ring (bicyclic) bond motifs is 1. The molecule has 1 aliphatic carbocycles. The Hall–Kier alpha value is -1.08. The third-order valence-corrected chi connectivity index (χ3v) is 3.48. The fourth-order valence-corrected chi connectivity index (χ4v) is 2.59. The number of benzene rings is 1. The molecule has 1 atom stereocenters. The fourth-order valence-electron chi connectivity index (χ4n) is 2.14. The van der Waals surface area contributed by atoms with Crippen molar-refractivity contribution in [2.45, 2.75) is 45.9 Å². The summed E-state index contributed by atoms with van der Waals surface area (Å²) < 4.78 is 0. The quantitative estimate of drug-likeness (QED) is 0.481. The maximum atomic E-state index is 6.52. The van der Waals surface area contributed by atoms with Crippen LogP contribution in [0.1, 0.15) is 50.6 Å². The predicted octanol–water partition coefficient (Wildman–Crippen LogP) is 5.30. The number of aryl methyl sites for hydroxylation is 1. The Kier molecular flexibility index (Phi) is 6.14. The van der Waals surface area contributed by atoms with Crippen molar-refractivity contribution in [3.05, 3.63) is 46.7 Å². The summed E-state index contributed by atoms with van der Waals surface area (Å²) in [6, 6.07) is 8.39. The van der Waals surface area contributed by atoms with Gasteiger partial charge in [-0.1, -0.05) is 38.1 Å². The number of aliphatic imine (C=N–C) groups is 1. The molecule has 18 heavy (non-hydrogen) atoms. The van der Waals surface area contributed by atoms with Crippen molar-refractivity contribution < 1.29 is 0 Å². The monoisotopic (exact) mass is 263 g/mol. The standard InChI is InChI=1S/C14H16ClN.C2H6/c1-3-16-14-10(2)8-9-11-6-4-5-7-12(11)13(14)15;1-2/h3-7,13H,8-9H2,1-2H3;1-2H3. The lowest BCUT2D eigenvalue weighted by molar-refractivity contribution is 0.935. The number of halogens is 1. The maximum absolute atomic E-state index is 6.52. The van der Waals surface area contributed by atoms with Gasteiger partial charge in [0.25, 0.3) is 0 Å². The van der Waals surface area contributed by atoms with E-state index in [0.717, 1.165) is 18.5 Å². The van der Waals surface area contributed by atoms with Crippen molar-refractivity contribution in [3.63, 3.8) is 0 Å². The molecule has 0 amide bonds. The van der Waals surface area contributed by atoms with Crippen LogP contribution in [0.3, 0.4) is 0 Å². The Labute approximate surface area is 116 Å². The lowest BCUT2D eigenvalue weighted by Gasteiger charge is -2.12. The second kappa shape index (κ2) is 7.38. The highest BCUT2D eigenvalue weighted by Crippen LogP contribution is 2.37. The average Bonchev–Trinajstić information content (AvgIpc) is 2.54. The van der Waals surface area contributed by atoms with Crippen LogP contribution < -0.4 is 0 Å². The Bertz CT molecular complexity index is 446. The minimum absolute atomic E-state index is 0.102. The van der Waals surface area contributed by atoms with E-state index in [1.807, 2.05) is 33.1 Å². The van der Waals surface area contributed by atoms with Gasteiger partial charge < -0.3 is 0 Å². The Morgan fingerprint density at radius 1 is 1.22 bits per heavy atom. The van der Waals surface area contributed by atoms with Crippen LogP contribution in [-0.4, -0.2) is 6.21 Å². The van der Waals surface area contributed by atoms with Gasteiger partial charge in [0.1, 0.15) is 5.38 Å². The largest absolute Gasteiger partial charge is 0.264 e. The summed E-state index contributed by atoms with van der Waals surface area (Å²) in [4.78, 5) is 4.43. The molecule has 0 bridgehead atoms. The van der Waals surface area contributed by atoms with E-state index in [0.29, 0.717) is 0 Å². The molecule has 1 aromatic rings. The van der Waals surface area contributed by atoms with E-state index in [-0.39, 0.29) is 5.38 Å². The van der Waals surface area contributed by atoms with Crippen LogP contribution in [0, 0.1) is 0 Å². The third kappa shape index (κ3) is 3.23. The highest BCUT2D eigenvalue weighted by atomic mass is 35.5. The predicted molar refractivity (Wildman–Crippen MR) is 81.6 cm³/mol. The smallest absolute Gasteiger partial charge is 0.101 e. The van der Waals surface area contributed by atoms with Gasteiger partial charge in [0, 0.05) is 6.21 Å². The first-order valence-electron chi connectivity index (χ1n) is 6.64. The summed E-state index contributed by atoms with van der Waals surface area (Å²) in [5, 5.41) is -0.102. The van der Waals surface area contributed by atoms with E-state index < -0.39 is 0 Å². The van der Waals surface area contributed by atoms with Gasteiger partial charge in [0.05, 0.1) is 5.70 Å². The van der Waals surface area contributed by atoms with Crippen LogP contribution in [0.5, 0.6) is 0 Å². The lowest BCUT2D eigenvalue weighted by atomic mass is 10.0. The van der Waals surface area contributed by atoms with Crippen LogP contribution in [0.25, 0.3) is 0 Å². The molecule has 0 N–H and O–H groups in total. The summed E-state index contributed by atoms with van der Waals surface area (Å²) in [5.41, 5.74) is 4.88. The second-order valence-electron chi connectivity index (χ2n) is 4.11. The zero-order valence-electron chi connectivity index (χ0n) is 11.7. The first-order chi connectivity index (χ1) is 8.74. The maximum Gasteiger partial charge on any atom is 0.101 e. The SMILES string of the molecule is CC.CC=NC1=C(C)CCc2ccccc2C1Cl. The van der Waals surface area contributed by atoms with Gasteiger partial charge in [-0.05, 0) is 43.4 Å². The molecule has 98 valence electrons. The minimum Gasteiger partial charge on any atom is -0.264 e. The Balaban J connectivity index is 0.000000771. The van der Waals surface area contributed by atoms with E-state index in [4.69, 9.17) is 11.6 Å². The molecule has 0 heterocycles. The number of nitrogens with zero attached hydrogens (tertiary/aromatic N) is 1. The van der Waals surface area contributed by atoms with Crippen LogP contribution in [0.2, 0.25) is 0 Å². The molecule has 0 fully saturated rings. The fraction of sp³-hybridized carbons (Fsp3) is 0.438. The second-order valence-corrected chi connectivity index (χ2v) is 4.55. The topological polar surface area (TPSA) is 12.4 Å². The molecule has 0 aliphatic heterocycles. The van der Waals surface area contributed by atoms with Gasteiger partial charge in [-0.15, -0.1) is 11.6 Å². The molecule has 0 aromatic heterocycles. The number of hydrogen-bond donors (Lipinski definition) is 0. The molecule has 1 aliphatic rings. The van der Waals surface area contributed by atoms with Crippen LogP contribution >= 0.6 is 11.6 Å². The van der Waals surface area contributed by atoms with Crippen LogP contribution in [0.4, 0.5) is 0 Å². The summed E-state index contributed by atoms with van der Waals surface area (Å²) in [6.45, 7) is 8.06. The molecule has 2 rings (SSSR count). The minimum atomic E-state index is -0.102. The van der Waals surface area contributed by atoms with Crippen molar-refractivity contribution in [3.8, 4) is 0 Å². The number of rotatable bonds is 1. The Morgan fingerprint density at radius 3 is 2.56 bits per heavy atom. The van der Waals surface area contributed by atoms with E-state index >= 15 is 0 Å². The van der Waals surface area contributed by atoms with Gasteiger partial charge in [-0.2, -0.15) is 0 Å². The molecule has 1 nitrogen and oxygen atoms in total. The number of allylic oxidation sites excluding steroid dienone is 2. The van der Waals surface area contributed by atoms with E-state index in [2.05, 4.69) is 30.1 Å². The van der Waals surface area contributed by atoms with Gasteiger partial charge >= 0.3 is 0 Å². The molecule has 0 spiro atoms. The van der Waals surface area contributed by atoms with Crippen LogP contribution in [0.15, 0.2) is 40.5 Å². The van der Waals surface area contributed by atoms with Gasteiger partial charge in [0.2, 0.25) is 0 Å². The average molecular weight is 264 g/mol. The molecular weight excluding hydrogens is 242 g/mol. The van der Waals surface area contributed by atoms with Crippen molar-refractivity contribution in [1.82, 2.24) is 0 Å². The van der Waals surface area contributed by atoms with Gasteiger partial charge in [0.15, 0.2) is 0 Å². The lowest BCUT2D eigenvalue weighted by Crippen LogP contribution is -1.96. The van der Waals surface area contributed by atoms with Gasteiger partial charge in [-0.3, -0.25) is 4.99 Å². The first-order valence-corrected chi connectivity index (χ1v) is 7.08. The normalized spacial score (nSPS) is 19.1. The summed E-state index contributed by atoms with van der Waals surface area (Å²) in [7, 11) is 0. The molecule has 0 saturated carbocycles. The highest BCUT2D eigenvalue weighted by Gasteiger charge is 2.21. The Morgan fingerprint density at radius 2 is 1.89 bits per heavy atom. The molecule has 1 aromatic carbocycles. The summed E-state index contributed by atoms with van der Waals surface area (Å²) >= 11 is 6.52. The highest BCUT2D eigenvalue weighted by molar-refractivity contribution is 6.22. The number of alkyl halides is 1. The molecular formula is C16H22ClN.